The monoisotopic (exact) mass is 327 g/mol. The maximum absolute atomic E-state index is 12.7. The normalized spacial score (nSPS) is 20.0. The molecule has 0 bridgehead atoms. The Kier molecular flexibility index (Phi) is 4.11. The molecule has 3 heterocycles. The zero-order valence-electron chi connectivity index (χ0n) is 13.5. The quantitative estimate of drug-likeness (QED) is 0.938. The molecular weight excluding hydrogens is 306 g/mol. The van der Waals surface area contributed by atoms with Crippen LogP contribution in [0, 0.1) is 0 Å². The fourth-order valence-corrected chi connectivity index (χ4v) is 3.44. The van der Waals surface area contributed by atoms with Crippen LogP contribution >= 0.6 is 0 Å². The minimum atomic E-state index is 0.163. The first-order chi connectivity index (χ1) is 11.8. The van der Waals surface area contributed by atoms with Crippen molar-refractivity contribution in [2.45, 2.75) is 25.2 Å². The van der Waals surface area contributed by atoms with Crippen LogP contribution in [-0.2, 0) is 11.2 Å². The predicted octanol–water partition coefficient (Wildman–Crippen LogP) is 2.13. The fourth-order valence-electron chi connectivity index (χ4n) is 3.44. The Hall–Kier alpha value is -2.50. The summed E-state index contributed by atoms with van der Waals surface area (Å²) >= 11 is 0. The zero-order chi connectivity index (χ0) is 16.4. The summed E-state index contributed by atoms with van der Waals surface area (Å²) in [5, 5.41) is 7.05. The number of nitrogens with one attached hydrogen (secondary N) is 1. The van der Waals surface area contributed by atoms with Crippen LogP contribution in [0.15, 0.2) is 30.5 Å². The van der Waals surface area contributed by atoms with Crippen LogP contribution in [0.3, 0.4) is 0 Å². The second-order valence-electron chi connectivity index (χ2n) is 6.35. The number of rotatable bonds is 3. The van der Waals surface area contributed by atoms with E-state index < -0.39 is 0 Å². The van der Waals surface area contributed by atoms with E-state index in [9.17, 15) is 4.79 Å². The highest BCUT2D eigenvalue weighted by molar-refractivity contribution is 5.79. The van der Waals surface area contributed by atoms with Gasteiger partial charge in [0.05, 0.1) is 6.42 Å². The number of carbonyl (C=O) groups is 1. The van der Waals surface area contributed by atoms with E-state index in [2.05, 4.69) is 10.2 Å². The molecule has 6 heteroatoms. The predicted molar refractivity (Wildman–Crippen MR) is 88.3 cm³/mol. The average Bonchev–Trinajstić information content (AvgIpc) is 3.16. The van der Waals surface area contributed by atoms with Gasteiger partial charge in [0.2, 0.25) is 5.91 Å². The van der Waals surface area contributed by atoms with E-state index >= 15 is 0 Å². The van der Waals surface area contributed by atoms with Crippen molar-refractivity contribution in [1.82, 2.24) is 15.1 Å². The van der Waals surface area contributed by atoms with Crippen molar-refractivity contribution in [3.63, 3.8) is 0 Å². The number of carbonyl (C=O) groups excluding carboxylic acids is 1. The zero-order valence-corrected chi connectivity index (χ0v) is 13.5. The van der Waals surface area contributed by atoms with Gasteiger partial charge in [0.25, 0.3) is 0 Å². The van der Waals surface area contributed by atoms with Crippen molar-refractivity contribution < 1.29 is 14.3 Å². The van der Waals surface area contributed by atoms with Gasteiger partial charge in [-0.1, -0.05) is 6.07 Å². The first-order valence-corrected chi connectivity index (χ1v) is 8.45. The molecule has 0 aliphatic carbocycles. The maximum Gasteiger partial charge on any atom is 0.227 e. The number of aromatic nitrogens is 2. The van der Waals surface area contributed by atoms with Gasteiger partial charge in [0.1, 0.15) is 13.2 Å². The smallest absolute Gasteiger partial charge is 0.227 e. The van der Waals surface area contributed by atoms with Gasteiger partial charge in [-0.3, -0.25) is 9.89 Å². The first-order valence-electron chi connectivity index (χ1n) is 8.45. The summed E-state index contributed by atoms with van der Waals surface area (Å²) in [5.74, 6) is 2.01. The molecule has 24 heavy (non-hydrogen) atoms. The molecule has 6 nitrogen and oxygen atoms in total. The first kappa shape index (κ1) is 15.1. The van der Waals surface area contributed by atoms with Crippen molar-refractivity contribution in [2.24, 2.45) is 0 Å². The van der Waals surface area contributed by atoms with Crippen LogP contribution in [0.25, 0.3) is 0 Å². The number of ether oxygens (including phenoxy) is 2. The van der Waals surface area contributed by atoms with E-state index in [-0.39, 0.29) is 5.91 Å². The Bertz CT molecular complexity index is 714. The molecule has 126 valence electrons. The highest BCUT2D eigenvalue weighted by Gasteiger charge is 2.25. The van der Waals surface area contributed by atoms with E-state index in [1.165, 1.54) is 0 Å². The molecule has 0 spiro atoms. The van der Waals surface area contributed by atoms with Crippen LogP contribution in [0.2, 0.25) is 0 Å². The molecule has 1 amide bonds. The number of hydrogen-bond donors (Lipinski definition) is 1. The van der Waals surface area contributed by atoms with Gasteiger partial charge < -0.3 is 14.4 Å². The van der Waals surface area contributed by atoms with E-state index in [1.807, 2.05) is 29.2 Å². The van der Waals surface area contributed by atoms with Gasteiger partial charge in [0, 0.05) is 30.9 Å². The molecule has 1 aromatic carbocycles. The molecule has 4 rings (SSSR count). The summed E-state index contributed by atoms with van der Waals surface area (Å²) in [4.78, 5) is 14.6. The summed E-state index contributed by atoms with van der Waals surface area (Å²) in [7, 11) is 0. The average molecular weight is 327 g/mol. The minimum Gasteiger partial charge on any atom is -0.486 e. The van der Waals surface area contributed by atoms with E-state index in [0.717, 1.165) is 48.7 Å². The van der Waals surface area contributed by atoms with Crippen molar-refractivity contribution >= 4 is 5.91 Å². The Labute approximate surface area is 140 Å². The van der Waals surface area contributed by atoms with Crippen LogP contribution < -0.4 is 9.47 Å². The van der Waals surface area contributed by atoms with Crippen molar-refractivity contribution in [2.75, 3.05) is 26.3 Å². The minimum absolute atomic E-state index is 0.163. The van der Waals surface area contributed by atoms with Gasteiger partial charge in [-0.2, -0.15) is 5.10 Å². The number of hydrogen-bond acceptors (Lipinski definition) is 4. The second kappa shape index (κ2) is 6.55. The number of benzene rings is 1. The molecule has 1 N–H and O–H groups in total. The maximum atomic E-state index is 12.7. The van der Waals surface area contributed by atoms with Gasteiger partial charge >= 0.3 is 0 Å². The number of nitrogens with zero attached hydrogens (tertiary/aromatic N) is 2. The molecule has 1 fully saturated rings. The van der Waals surface area contributed by atoms with Crippen LogP contribution in [0.1, 0.15) is 30.0 Å². The third kappa shape index (κ3) is 3.09. The number of fused-ring (bicyclic) bond motifs is 1. The second-order valence-corrected chi connectivity index (χ2v) is 6.35. The number of likely N-dealkylation sites (tertiary alicyclic amines) is 1. The summed E-state index contributed by atoms with van der Waals surface area (Å²) in [6.45, 7) is 2.72. The molecule has 0 radical (unpaired) electrons. The Morgan fingerprint density at radius 3 is 2.96 bits per heavy atom. The SMILES string of the molecule is O=C(Cc1ccc2c(c1)OCCO2)N1CCC[C@H](c2ccn[nH]2)C1. The third-order valence-electron chi connectivity index (χ3n) is 4.70. The van der Waals surface area contributed by atoms with Crippen LogP contribution in [0.4, 0.5) is 0 Å². The molecule has 0 saturated carbocycles. The lowest BCUT2D eigenvalue weighted by molar-refractivity contribution is -0.131. The number of aromatic amines is 1. The highest BCUT2D eigenvalue weighted by atomic mass is 16.6. The number of H-pyrrole nitrogens is 1. The Morgan fingerprint density at radius 1 is 1.25 bits per heavy atom. The standard InChI is InChI=1S/C18H21N3O3/c22-18(11-13-3-4-16-17(10-13)24-9-8-23-16)21-7-1-2-14(12-21)15-5-6-19-20-15/h3-6,10,14H,1-2,7-9,11-12H2,(H,19,20)/t14-/m0/s1. The molecular formula is C18H21N3O3. The van der Waals surface area contributed by atoms with Crippen molar-refractivity contribution in [1.29, 1.82) is 0 Å². The topological polar surface area (TPSA) is 67.5 Å². The Balaban J connectivity index is 1.42. The fraction of sp³-hybridized carbons (Fsp3) is 0.444. The summed E-state index contributed by atoms with van der Waals surface area (Å²) in [6.07, 6.45) is 4.28. The molecule has 2 aliphatic heterocycles. The number of amides is 1. The summed E-state index contributed by atoms with van der Waals surface area (Å²) in [6, 6.07) is 7.75. The van der Waals surface area contributed by atoms with E-state index in [0.29, 0.717) is 25.6 Å². The lowest BCUT2D eigenvalue weighted by Crippen LogP contribution is -2.40. The van der Waals surface area contributed by atoms with Crippen LogP contribution in [-0.4, -0.2) is 47.3 Å². The van der Waals surface area contributed by atoms with E-state index in [1.54, 1.807) is 6.20 Å². The van der Waals surface area contributed by atoms with Gasteiger partial charge in [-0.15, -0.1) is 0 Å². The molecule has 1 aromatic heterocycles. The van der Waals surface area contributed by atoms with Crippen molar-refractivity contribution in [3.8, 4) is 11.5 Å². The summed E-state index contributed by atoms with van der Waals surface area (Å²) < 4.78 is 11.1. The number of piperidine rings is 1. The highest BCUT2D eigenvalue weighted by Crippen LogP contribution is 2.31. The Morgan fingerprint density at radius 2 is 2.12 bits per heavy atom. The third-order valence-corrected chi connectivity index (χ3v) is 4.70. The molecule has 1 saturated heterocycles. The lowest BCUT2D eigenvalue weighted by atomic mass is 9.94. The van der Waals surface area contributed by atoms with Crippen molar-refractivity contribution in [3.05, 3.63) is 41.7 Å². The summed E-state index contributed by atoms with van der Waals surface area (Å²) in [5.41, 5.74) is 2.08. The molecule has 0 unspecified atom stereocenters. The van der Waals surface area contributed by atoms with Crippen LogP contribution in [0.5, 0.6) is 11.5 Å². The molecule has 2 aromatic rings. The molecule has 2 aliphatic rings. The largest absolute Gasteiger partial charge is 0.486 e. The van der Waals surface area contributed by atoms with Gasteiger partial charge in [0.15, 0.2) is 11.5 Å². The van der Waals surface area contributed by atoms with Gasteiger partial charge in [-0.05, 0) is 36.6 Å². The van der Waals surface area contributed by atoms with E-state index in [4.69, 9.17) is 9.47 Å². The lowest BCUT2D eigenvalue weighted by Gasteiger charge is -2.32. The molecule has 1 atom stereocenters. The van der Waals surface area contributed by atoms with Gasteiger partial charge in [-0.25, -0.2) is 0 Å².